The molecule has 5 nitrogen and oxygen atoms in total. The van der Waals surface area contributed by atoms with Crippen molar-refractivity contribution in [2.45, 2.75) is 31.6 Å². The summed E-state index contributed by atoms with van der Waals surface area (Å²) in [5.74, 6) is 0.452. The number of aryl methyl sites for hydroxylation is 2. The van der Waals surface area contributed by atoms with Crippen molar-refractivity contribution in [3.05, 3.63) is 16.4 Å². The van der Waals surface area contributed by atoms with Gasteiger partial charge in [-0.25, -0.2) is 0 Å². The van der Waals surface area contributed by atoms with E-state index in [-0.39, 0.29) is 0 Å². The molecule has 0 aliphatic heterocycles. The SMILES string of the molecule is CCc1nn(C)c(CSCCC(N)C(=O)O)c1Cl. The largest absolute Gasteiger partial charge is 0.480 e. The first-order chi connectivity index (χ1) is 8.47. The van der Waals surface area contributed by atoms with Crippen LogP contribution in [-0.4, -0.2) is 32.7 Å². The highest BCUT2D eigenvalue weighted by Gasteiger charge is 2.14. The Morgan fingerprint density at radius 3 is 2.83 bits per heavy atom. The standard InChI is InChI=1S/C11H18ClN3O2S/c1-3-8-10(12)9(15(2)14-8)6-18-5-4-7(13)11(16)17/h7H,3-6,13H2,1-2H3,(H,16,17). The lowest BCUT2D eigenvalue weighted by Gasteiger charge is -2.06. The molecule has 7 heteroatoms. The van der Waals surface area contributed by atoms with E-state index in [1.54, 1.807) is 16.4 Å². The molecule has 1 atom stereocenters. The van der Waals surface area contributed by atoms with Crippen molar-refractivity contribution in [3.63, 3.8) is 0 Å². The van der Waals surface area contributed by atoms with Crippen molar-refractivity contribution in [1.82, 2.24) is 9.78 Å². The minimum absolute atomic E-state index is 0.454. The molecule has 0 aliphatic carbocycles. The van der Waals surface area contributed by atoms with Gasteiger partial charge >= 0.3 is 5.97 Å². The van der Waals surface area contributed by atoms with E-state index >= 15 is 0 Å². The predicted molar refractivity (Wildman–Crippen MR) is 74.0 cm³/mol. The summed E-state index contributed by atoms with van der Waals surface area (Å²) in [4.78, 5) is 10.5. The molecule has 0 spiro atoms. The van der Waals surface area contributed by atoms with Gasteiger partial charge < -0.3 is 10.8 Å². The van der Waals surface area contributed by atoms with Gasteiger partial charge in [-0.1, -0.05) is 18.5 Å². The van der Waals surface area contributed by atoms with Crippen molar-refractivity contribution >= 4 is 29.3 Å². The van der Waals surface area contributed by atoms with Crippen molar-refractivity contribution in [2.24, 2.45) is 12.8 Å². The molecular weight excluding hydrogens is 274 g/mol. The Kier molecular flexibility index (Phi) is 5.98. The van der Waals surface area contributed by atoms with Gasteiger partial charge in [-0.15, -0.1) is 0 Å². The van der Waals surface area contributed by atoms with Gasteiger partial charge in [0.25, 0.3) is 0 Å². The molecule has 0 aliphatic rings. The smallest absolute Gasteiger partial charge is 0.320 e. The molecule has 0 aromatic carbocycles. The fourth-order valence-corrected chi connectivity index (χ4v) is 3.01. The van der Waals surface area contributed by atoms with Crippen molar-refractivity contribution < 1.29 is 9.90 Å². The Hall–Kier alpha value is -0.720. The Labute approximate surface area is 116 Å². The lowest BCUT2D eigenvalue weighted by molar-refractivity contribution is -0.138. The van der Waals surface area contributed by atoms with Crippen LogP contribution in [-0.2, 0) is 24.0 Å². The highest BCUT2D eigenvalue weighted by atomic mass is 35.5. The first-order valence-corrected chi connectivity index (χ1v) is 7.27. The number of thioether (sulfide) groups is 1. The molecule has 1 unspecified atom stereocenters. The molecule has 1 heterocycles. The summed E-state index contributed by atoms with van der Waals surface area (Å²) in [6.07, 6.45) is 1.26. The second-order valence-electron chi connectivity index (χ2n) is 3.97. The zero-order chi connectivity index (χ0) is 13.7. The summed E-state index contributed by atoms with van der Waals surface area (Å²) in [5, 5.41) is 13.7. The highest BCUT2D eigenvalue weighted by Crippen LogP contribution is 2.25. The van der Waals surface area contributed by atoms with Gasteiger partial charge in [0.1, 0.15) is 6.04 Å². The molecule has 1 aromatic rings. The molecular formula is C11H18ClN3O2S. The lowest BCUT2D eigenvalue weighted by Crippen LogP contribution is -2.30. The molecule has 18 heavy (non-hydrogen) atoms. The second kappa shape index (κ2) is 7.01. The maximum atomic E-state index is 10.5. The van der Waals surface area contributed by atoms with Crippen LogP contribution >= 0.6 is 23.4 Å². The van der Waals surface area contributed by atoms with Gasteiger partial charge in [-0.05, 0) is 18.6 Å². The topological polar surface area (TPSA) is 81.1 Å². The van der Waals surface area contributed by atoms with E-state index in [4.69, 9.17) is 22.4 Å². The maximum absolute atomic E-state index is 10.5. The number of halogens is 1. The fraction of sp³-hybridized carbons (Fsp3) is 0.636. The summed E-state index contributed by atoms with van der Waals surface area (Å²) in [7, 11) is 1.86. The van der Waals surface area contributed by atoms with E-state index < -0.39 is 12.0 Å². The number of nitrogens with two attached hydrogens (primary N) is 1. The van der Waals surface area contributed by atoms with Crippen molar-refractivity contribution in [2.75, 3.05) is 5.75 Å². The van der Waals surface area contributed by atoms with E-state index in [0.29, 0.717) is 17.9 Å². The Morgan fingerprint density at radius 2 is 2.33 bits per heavy atom. The van der Waals surface area contributed by atoms with Crippen molar-refractivity contribution in [3.8, 4) is 0 Å². The molecule has 0 saturated heterocycles. The number of nitrogens with zero attached hydrogens (tertiary/aromatic N) is 2. The molecule has 0 amide bonds. The third-order valence-electron chi connectivity index (χ3n) is 2.63. The van der Waals surface area contributed by atoms with E-state index in [1.807, 2.05) is 14.0 Å². The molecule has 0 bridgehead atoms. The zero-order valence-electron chi connectivity index (χ0n) is 10.5. The van der Waals surface area contributed by atoms with Gasteiger partial charge in [-0.3, -0.25) is 9.48 Å². The van der Waals surface area contributed by atoms with E-state index in [9.17, 15) is 4.79 Å². The van der Waals surface area contributed by atoms with E-state index in [0.717, 1.165) is 22.8 Å². The molecule has 0 fully saturated rings. The average Bonchev–Trinajstić information content (AvgIpc) is 2.60. The highest BCUT2D eigenvalue weighted by molar-refractivity contribution is 7.98. The van der Waals surface area contributed by atoms with Gasteiger partial charge in [0.2, 0.25) is 0 Å². The van der Waals surface area contributed by atoms with Gasteiger partial charge in [0, 0.05) is 12.8 Å². The summed E-state index contributed by atoms with van der Waals surface area (Å²) in [5.41, 5.74) is 7.30. The van der Waals surface area contributed by atoms with E-state index in [2.05, 4.69) is 5.10 Å². The predicted octanol–water partition coefficient (Wildman–Crippen LogP) is 1.67. The van der Waals surface area contributed by atoms with Crippen LogP contribution in [0.3, 0.4) is 0 Å². The summed E-state index contributed by atoms with van der Waals surface area (Å²) < 4.78 is 1.78. The van der Waals surface area contributed by atoms with Crippen LogP contribution in [0.2, 0.25) is 5.02 Å². The molecule has 1 aromatic heterocycles. The normalized spacial score (nSPS) is 12.7. The Morgan fingerprint density at radius 1 is 1.67 bits per heavy atom. The molecule has 1 rings (SSSR count). The number of carboxylic acids is 1. The maximum Gasteiger partial charge on any atom is 0.320 e. The van der Waals surface area contributed by atoms with Crippen LogP contribution in [0, 0.1) is 0 Å². The van der Waals surface area contributed by atoms with Crippen LogP contribution in [0.4, 0.5) is 0 Å². The quantitative estimate of drug-likeness (QED) is 0.747. The average molecular weight is 292 g/mol. The number of carbonyl (C=O) groups is 1. The number of hydrogen-bond acceptors (Lipinski definition) is 4. The number of aliphatic carboxylic acids is 1. The summed E-state index contributed by atoms with van der Waals surface area (Å²) in [6, 6.07) is -0.786. The van der Waals surface area contributed by atoms with Crippen LogP contribution in [0.25, 0.3) is 0 Å². The van der Waals surface area contributed by atoms with Crippen LogP contribution in [0.5, 0.6) is 0 Å². The van der Waals surface area contributed by atoms with Crippen molar-refractivity contribution in [1.29, 1.82) is 0 Å². The number of aromatic nitrogens is 2. The van der Waals surface area contributed by atoms with Crippen LogP contribution in [0.1, 0.15) is 24.7 Å². The monoisotopic (exact) mass is 291 g/mol. The molecule has 0 saturated carbocycles. The minimum Gasteiger partial charge on any atom is -0.480 e. The number of rotatable bonds is 7. The lowest BCUT2D eigenvalue weighted by atomic mass is 10.2. The first-order valence-electron chi connectivity index (χ1n) is 5.73. The molecule has 3 N–H and O–H groups in total. The van der Waals surface area contributed by atoms with Crippen LogP contribution < -0.4 is 5.73 Å². The zero-order valence-corrected chi connectivity index (χ0v) is 12.1. The van der Waals surface area contributed by atoms with E-state index in [1.165, 1.54) is 0 Å². The fourth-order valence-electron chi connectivity index (χ4n) is 1.48. The Bertz CT molecular complexity index is 423. The first kappa shape index (κ1) is 15.3. The second-order valence-corrected chi connectivity index (χ2v) is 5.45. The number of carboxylic acid groups (broad SMARTS) is 1. The summed E-state index contributed by atoms with van der Waals surface area (Å²) in [6.45, 7) is 2.01. The van der Waals surface area contributed by atoms with Gasteiger partial charge in [0.05, 0.1) is 16.4 Å². The third-order valence-corrected chi connectivity index (χ3v) is 4.07. The number of hydrogen-bond donors (Lipinski definition) is 2. The minimum atomic E-state index is -0.956. The summed E-state index contributed by atoms with van der Waals surface area (Å²) >= 11 is 7.82. The molecule has 0 radical (unpaired) electrons. The Balaban J connectivity index is 2.45. The third kappa shape index (κ3) is 3.90. The van der Waals surface area contributed by atoms with Crippen LogP contribution in [0.15, 0.2) is 0 Å². The molecule has 102 valence electrons. The van der Waals surface area contributed by atoms with Gasteiger partial charge in [0.15, 0.2) is 0 Å². The van der Waals surface area contributed by atoms with Gasteiger partial charge in [-0.2, -0.15) is 16.9 Å².